The van der Waals surface area contributed by atoms with E-state index in [-0.39, 0.29) is 31.0 Å². The molecule has 234 valence electrons. The van der Waals surface area contributed by atoms with Crippen molar-refractivity contribution >= 4 is 23.5 Å². The van der Waals surface area contributed by atoms with Crippen LogP contribution in [0.1, 0.15) is 69.5 Å². The highest BCUT2D eigenvalue weighted by molar-refractivity contribution is 5.98. The zero-order valence-corrected chi connectivity index (χ0v) is 25.7. The largest absolute Gasteiger partial charge is 0.374 e. The first-order valence-corrected chi connectivity index (χ1v) is 15.6. The van der Waals surface area contributed by atoms with Gasteiger partial charge in [-0.3, -0.25) is 14.4 Å². The second-order valence-corrected chi connectivity index (χ2v) is 12.5. The van der Waals surface area contributed by atoms with Gasteiger partial charge in [0, 0.05) is 18.8 Å². The van der Waals surface area contributed by atoms with E-state index < -0.39 is 29.4 Å². The number of carbonyl (C=O) groups excluding carboxylic acids is 3. The molecule has 1 saturated carbocycles. The normalized spacial score (nSPS) is 19.8. The van der Waals surface area contributed by atoms with E-state index >= 15 is 0 Å². The molecular weight excluding hydrogens is 556 g/mol. The minimum Gasteiger partial charge on any atom is -0.374 e. The quantitative estimate of drug-likeness (QED) is 0.305. The molecular formula is C34H44N6O4. The zero-order valence-electron chi connectivity index (χ0n) is 25.7. The molecule has 2 fully saturated rings. The summed E-state index contributed by atoms with van der Waals surface area (Å²) in [6.45, 7) is 4.11. The summed E-state index contributed by atoms with van der Waals surface area (Å²) >= 11 is 0. The van der Waals surface area contributed by atoms with Crippen LogP contribution in [-0.2, 0) is 25.7 Å². The smallest absolute Gasteiger partial charge is 0.250 e. The zero-order chi connectivity index (χ0) is 31.1. The number of rotatable bonds is 11. The molecule has 10 heteroatoms. The summed E-state index contributed by atoms with van der Waals surface area (Å²) in [7, 11) is 0. The highest BCUT2D eigenvalue weighted by atomic mass is 16.5. The highest BCUT2D eigenvalue weighted by Gasteiger charge is 2.39. The number of nitrogens with two attached hydrogens (primary N) is 1. The number of ether oxygens (including phenoxy) is 1. The van der Waals surface area contributed by atoms with E-state index in [2.05, 4.69) is 20.5 Å². The number of imidazole rings is 1. The minimum absolute atomic E-state index is 0.0488. The molecule has 1 aromatic heterocycles. The molecule has 1 saturated heterocycles. The number of nitrogens with one attached hydrogen (secondary N) is 2. The summed E-state index contributed by atoms with van der Waals surface area (Å²) in [5.41, 5.74) is 6.60. The second-order valence-electron chi connectivity index (χ2n) is 12.5. The molecule has 4 N–H and O–H groups in total. The molecule has 1 aliphatic carbocycles. The van der Waals surface area contributed by atoms with E-state index in [9.17, 15) is 14.4 Å². The molecule has 5 rings (SSSR count). The maximum Gasteiger partial charge on any atom is 0.250 e. The predicted octanol–water partition coefficient (Wildman–Crippen LogP) is 4.03. The number of fused-ring (bicyclic) bond motifs is 1. The van der Waals surface area contributed by atoms with Crippen LogP contribution in [0.2, 0.25) is 0 Å². The Bertz CT molecular complexity index is 1400. The van der Waals surface area contributed by atoms with Gasteiger partial charge in [-0.15, -0.1) is 0 Å². The van der Waals surface area contributed by atoms with Crippen LogP contribution in [0, 0.1) is 5.92 Å². The average Bonchev–Trinajstić information content (AvgIpc) is 3.48. The van der Waals surface area contributed by atoms with E-state index in [0.717, 1.165) is 36.9 Å². The van der Waals surface area contributed by atoms with Gasteiger partial charge in [0.25, 0.3) is 11.8 Å². The predicted molar refractivity (Wildman–Crippen MR) is 168 cm³/mol. The van der Waals surface area contributed by atoms with Crippen molar-refractivity contribution < 1.29 is 19.1 Å². The number of amides is 3. The summed E-state index contributed by atoms with van der Waals surface area (Å²) < 4.78 is 7.57. The summed E-state index contributed by atoms with van der Waals surface area (Å²) in [5.74, 6) is -0.0986. The summed E-state index contributed by atoms with van der Waals surface area (Å²) in [6, 6.07) is 17.9. The number of benzene rings is 2. The lowest BCUT2D eigenvalue weighted by Gasteiger charge is -2.45. The molecule has 2 aromatic carbocycles. The van der Waals surface area contributed by atoms with Gasteiger partial charge in [0.05, 0.1) is 25.1 Å². The minimum atomic E-state index is -1.19. The molecule has 2 aliphatic rings. The molecule has 44 heavy (non-hydrogen) atoms. The van der Waals surface area contributed by atoms with Crippen LogP contribution in [0.5, 0.6) is 0 Å². The number of aromatic nitrogens is 2. The van der Waals surface area contributed by atoms with Gasteiger partial charge in [-0.2, -0.15) is 0 Å². The Morgan fingerprint density at radius 3 is 2.41 bits per heavy atom. The van der Waals surface area contributed by atoms with Crippen LogP contribution < -0.4 is 16.4 Å². The summed E-state index contributed by atoms with van der Waals surface area (Å²) in [4.78, 5) is 46.9. The fourth-order valence-corrected chi connectivity index (χ4v) is 6.28. The van der Waals surface area contributed by atoms with E-state index in [1.807, 2.05) is 60.7 Å². The molecule has 0 radical (unpaired) electrons. The topological polar surface area (TPSA) is 132 Å². The molecule has 4 atom stereocenters. The molecule has 3 unspecified atom stereocenters. The van der Waals surface area contributed by atoms with Crippen molar-refractivity contribution in [1.29, 1.82) is 0 Å². The first kappa shape index (κ1) is 31.4. The van der Waals surface area contributed by atoms with Gasteiger partial charge in [-0.1, -0.05) is 73.5 Å². The summed E-state index contributed by atoms with van der Waals surface area (Å²) in [5, 5.41) is 5.52. The van der Waals surface area contributed by atoms with Crippen molar-refractivity contribution in [2.45, 2.75) is 82.6 Å². The Morgan fingerprint density at radius 2 is 1.68 bits per heavy atom. The Balaban J connectivity index is 1.33. The Kier molecular flexibility index (Phi) is 10.1. The van der Waals surface area contributed by atoms with Crippen LogP contribution in [0.15, 0.2) is 73.2 Å². The van der Waals surface area contributed by atoms with Crippen LogP contribution >= 0.6 is 0 Å². The number of hydrogen-bond acceptors (Lipinski definition) is 6. The standard InChI is InChI=1S/C34H44N6O4/c1-34(2,35)33(43)37-27(22-44-21-24-12-5-3-6-13-24)31(41)38-29-20-39(23-36-29)30(26-15-7-4-8-16-26)32(42)40-19-11-17-25-14-9-10-18-28(25)40/h3-8,12-13,15-16,20,23,25,27-28,30H,9-11,14,17-19,21-22,35H2,1-2H3,(H,37,43)(H,38,41)/t25?,27-,28?,30?/m1/s1. The number of anilines is 1. The number of carbonyl (C=O) groups is 3. The SMILES string of the molecule is CC(C)(N)C(=O)N[C@H](COCc1ccccc1)C(=O)Nc1cn(C(C(=O)N2CCCC3CCCCC32)c2ccccc2)cn1. The van der Waals surface area contributed by atoms with E-state index in [1.54, 1.807) is 30.9 Å². The lowest BCUT2D eigenvalue weighted by atomic mass is 9.78. The third-order valence-corrected chi connectivity index (χ3v) is 8.63. The summed E-state index contributed by atoms with van der Waals surface area (Å²) in [6.07, 6.45) is 10.1. The third kappa shape index (κ3) is 7.73. The molecule has 1 aliphatic heterocycles. The van der Waals surface area contributed by atoms with Gasteiger partial charge < -0.3 is 30.6 Å². The number of hydrogen-bond donors (Lipinski definition) is 3. The van der Waals surface area contributed by atoms with Crippen LogP contribution in [-0.4, -0.2) is 62.9 Å². The maximum absolute atomic E-state index is 14.3. The van der Waals surface area contributed by atoms with E-state index in [0.29, 0.717) is 5.92 Å². The molecule has 10 nitrogen and oxygen atoms in total. The molecule has 3 aromatic rings. The molecule has 2 heterocycles. The van der Waals surface area contributed by atoms with Crippen LogP contribution in [0.4, 0.5) is 5.82 Å². The molecule has 3 amide bonds. The van der Waals surface area contributed by atoms with Crippen molar-refractivity contribution in [3.8, 4) is 0 Å². The third-order valence-electron chi connectivity index (χ3n) is 8.63. The lowest BCUT2D eigenvalue weighted by molar-refractivity contribution is -0.140. The maximum atomic E-state index is 14.3. The van der Waals surface area contributed by atoms with Gasteiger partial charge >= 0.3 is 0 Å². The van der Waals surface area contributed by atoms with Crippen molar-refractivity contribution in [2.75, 3.05) is 18.5 Å². The highest BCUT2D eigenvalue weighted by Crippen LogP contribution is 2.37. The second kappa shape index (κ2) is 14.2. The lowest BCUT2D eigenvalue weighted by Crippen LogP contribution is -2.56. The number of piperidine rings is 1. The van der Waals surface area contributed by atoms with Crippen molar-refractivity contribution in [3.63, 3.8) is 0 Å². The number of likely N-dealkylation sites (tertiary alicyclic amines) is 1. The van der Waals surface area contributed by atoms with Gasteiger partial charge in [0.15, 0.2) is 5.82 Å². The van der Waals surface area contributed by atoms with E-state index in [4.69, 9.17) is 10.5 Å². The molecule has 0 bridgehead atoms. The van der Waals surface area contributed by atoms with Crippen molar-refractivity contribution in [2.24, 2.45) is 11.7 Å². The average molecular weight is 601 g/mol. The Morgan fingerprint density at radius 1 is 1.00 bits per heavy atom. The number of nitrogens with zero attached hydrogens (tertiary/aromatic N) is 3. The van der Waals surface area contributed by atoms with E-state index in [1.165, 1.54) is 19.3 Å². The Labute approximate surface area is 259 Å². The molecule has 0 spiro atoms. The van der Waals surface area contributed by atoms with Crippen molar-refractivity contribution in [1.82, 2.24) is 19.8 Å². The Hall–Kier alpha value is -4.02. The van der Waals surface area contributed by atoms with Gasteiger partial charge in [0.1, 0.15) is 12.1 Å². The van der Waals surface area contributed by atoms with Gasteiger partial charge in [-0.25, -0.2) is 4.98 Å². The fraction of sp³-hybridized carbons (Fsp3) is 0.471. The monoisotopic (exact) mass is 600 g/mol. The van der Waals surface area contributed by atoms with Crippen molar-refractivity contribution in [3.05, 3.63) is 84.3 Å². The first-order chi connectivity index (χ1) is 21.2. The van der Waals surface area contributed by atoms with Gasteiger partial charge in [-0.05, 0) is 56.6 Å². The van der Waals surface area contributed by atoms with Gasteiger partial charge in [0.2, 0.25) is 5.91 Å². The fourth-order valence-electron chi connectivity index (χ4n) is 6.28. The van der Waals surface area contributed by atoms with Crippen LogP contribution in [0.25, 0.3) is 0 Å². The van der Waals surface area contributed by atoms with Crippen LogP contribution in [0.3, 0.4) is 0 Å². The first-order valence-electron chi connectivity index (χ1n) is 15.6.